The lowest BCUT2D eigenvalue weighted by molar-refractivity contribution is -0.0714. The van der Waals surface area contributed by atoms with Gasteiger partial charge in [0.05, 0.1) is 25.4 Å². The highest BCUT2D eigenvalue weighted by atomic mass is 32.1. The van der Waals surface area contributed by atoms with Crippen molar-refractivity contribution in [3.05, 3.63) is 76.7 Å². The van der Waals surface area contributed by atoms with Crippen LogP contribution in [0.25, 0.3) is 10.4 Å². The number of nitrogens with two attached hydrogens (primary N) is 1. The smallest absolute Gasteiger partial charge is 0.0799 e. The number of nitrogen functional groups attached to an aromatic ring is 1. The van der Waals surface area contributed by atoms with Crippen LogP contribution in [-0.2, 0) is 11.2 Å². The van der Waals surface area contributed by atoms with Crippen LogP contribution in [0.2, 0.25) is 0 Å². The molecule has 3 aromatic rings. The molecule has 2 unspecified atom stereocenters. The van der Waals surface area contributed by atoms with Gasteiger partial charge in [-0.2, -0.15) is 0 Å². The zero-order valence-corrected chi connectivity index (χ0v) is 16.9. The third-order valence-electron chi connectivity index (χ3n) is 4.62. The topological polar surface area (TPSA) is 75.7 Å². The van der Waals surface area contributed by atoms with E-state index >= 15 is 0 Å². The summed E-state index contributed by atoms with van der Waals surface area (Å²) < 4.78 is 4.79. The molecule has 5 heteroatoms. The number of ether oxygens (including phenoxy) is 1. The summed E-state index contributed by atoms with van der Waals surface area (Å²) in [5, 5.41) is 17.6. The quantitative estimate of drug-likeness (QED) is 0.584. The predicted molar refractivity (Wildman–Crippen MR) is 116 cm³/mol. The van der Waals surface area contributed by atoms with Crippen molar-refractivity contribution in [1.29, 1.82) is 0 Å². The molecule has 4 N–H and O–H groups in total. The fraction of sp³-hybridized carbons (Fsp3) is 0.304. The maximum atomic E-state index is 8.79. The summed E-state index contributed by atoms with van der Waals surface area (Å²) in [5.74, 6) is 0. The van der Waals surface area contributed by atoms with E-state index in [1.807, 2.05) is 29.5 Å². The Labute approximate surface area is 170 Å². The van der Waals surface area contributed by atoms with E-state index < -0.39 is 12.2 Å². The Morgan fingerprint density at radius 1 is 1.00 bits per heavy atom. The second-order valence-corrected chi connectivity index (χ2v) is 8.24. The van der Waals surface area contributed by atoms with Crippen LogP contribution < -0.4 is 5.73 Å². The third kappa shape index (κ3) is 5.91. The highest BCUT2D eigenvalue weighted by Gasteiger charge is 2.17. The maximum Gasteiger partial charge on any atom is 0.0799 e. The van der Waals surface area contributed by atoms with Gasteiger partial charge in [0.25, 0.3) is 0 Å². The Balaban J connectivity index is 0.000000236. The van der Waals surface area contributed by atoms with E-state index in [9.17, 15) is 0 Å². The van der Waals surface area contributed by atoms with Gasteiger partial charge in [0.2, 0.25) is 0 Å². The molecule has 148 valence electrons. The highest BCUT2D eigenvalue weighted by molar-refractivity contribution is 7.15. The number of thiophene rings is 1. The van der Waals surface area contributed by atoms with E-state index in [0.29, 0.717) is 19.6 Å². The fourth-order valence-corrected chi connectivity index (χ4v) is 4.13. The first-order valence-corrected chi connectivity index (χ1v) is 10.3. The molecule has 1 fully saturated rings. The molecule has 1 saturated heterocycles. The summed E-state index contributed by atoms with van der Waals surface area (Å²) in [6, 6.07) is 21.0. The van der Waals surface area contributed by atoms with Crippen LogP contribution in [0.3, 0.4) is 0 Å². The van der Waals surface area contributed by atoms with E-state index in [2.05, 4.69) is 49.4 Å². The lowest BCUT2D eigenvalue weighted by Crippen LogP contribution is -2.32. The van der Waals surface area contributed by atoms with Crippen LogP contribution in [0.15, 0.2) is 60.7 Å². The lowest BCUT2D eigenvalue weighted by atomic mass is 10.1. The molecule has 1 aliphatic heterocycles. The molecule has 2 atom stereocenters. The van der Waals surface area contributed by atoms with Crippen molar-refractivity contribution < 1.29 is 14.9 Å². The Morgan fingerprint density at radius 2 is 1.75 bits per heavy atom. The largest absolute Gasteiger partial charge is 0.399 e. The molecule has 1 aromatic heterocycles. The van der Waals surface area contributed by atoms with Crippen molar-refractivity contribution in [3.8, 4) is 10.4 Å². The Morgan fingerprint density at radius 3 is 2.39 bits per heavy atom. The minimum Gasteiger partial charge on any atom is -0.399 e. The van der Waals surface area contributed by atoms with Gasteiger partial charge >= 0.3 is 0 Å². The van der Waals surface area contributed by atoms with E-state index in [1.54, 1.807) is 0 Å². The number of hydrogen-bond acceptors (Lipinski definition) is 5. The van der Waals surface area contributed by atoms with Gasteiger partial charge in [-0.15, -0.1) is 11.3 Å². The zero-order chi connectivity index (χ0) is 19.9. The Hall–Kier alpha value is -2.18. The van der Waals surface area contributed by atoms with Crippen LogP contribution in [0.4, 0.5) is 5.69 Å². The molecule has 1 aliphatic rings. The number of benzene rings is 2. The van der Waals surface area contributed by atoms with Crippen molar-refractivity contribution in [3.63, 3.8) is 0 Å². The van der Waals surface area contributed by atoms with Crippen LogP contribution in [-0.4, -0.2) is 35.6 Å². The summed E-state index contributed by atoms with van der Waals surface area (Å²) in [6.07, 6.45) is 0.539. The SMILES string of the molecule is Cc1ccccc1Cc1ccc(-c2cccc(N)c2)s1.OC1COCC(O)C1. The van der Waals surface area contributed by atoms with Gasteiger partial charge < -0.3 is 20.7 Å². The molecule has 28 heavy (non-hydrogen) atoms. The van der Waals surface area contributed by atoms with E-state index in [1.165, 1.54) is 26.4 Å². The number of rotatable bonds is 3. The highest BCUT2D eigenvalue weighted by Crippen LogP contribution is 2.30. The lowest BCUT2D eigenvalue weighted by Gasteiger charge is -2.21. The van der Waals surface area contributed by atoms with E-state index in [4.69, 9.17) is 20.7 Å². The maximum absolute atomic E-state index is 8.79. The molecule has 4 rings (SSSR count). The summed E-state index contributed by atoms with van der Waals surface area (Å²) in [5.41, 5.74) is 10.6. The van der Waals surface area contributed by atoms with Crippen molar-refractivity contribution in [2.45, 2.75) is 32.0 Å². The van der Waals surface area contributed by atoms with Gasteiger partial charge in [0.1, 0.15) is 0 Å². The standard InChI is InChI=1S/C18H17NS.C5H10O3/c1-13-5-2-3-6-14(13)12-17-9-10-18(20-17)15-7-4-8-16(19)11-15;6-4-1-5(7)3-8-2-4/h2-11H,12,19H2,1H3;4-7H,1-3H2. The fourth-order valence-electron chi connectivity index (χ4n) is 3.11. The Bertz CT molecular complexity index is 885. The first-order valence-electron chi connectivity index (χ1n) is 9.44. The summed E-state index contributed by atoms with van der Waals surface area (Å²) >= 11 is 1.84. The number of aliphatic hydroxyl groups excluding tert-OH is 2. The van der Waals surface area contributed by atoms with Crippen molar-refractivity contribution in [2.24, 2.45) is 0 Å². The van der Waals surface area contributed by atoms with Gasteiger partial charge in [-0.1, -0.05) is 36.4 Å². The molecular formula is C23H27NO3S. The second-order valence-electron chi connectivity index (χ2n) is 7.08. The minimum absolute atomic E-state index is 0.372. The van der Waals surface area contributed by atoms with Crippen molar-refractivity contribution in [2.75, 3.05) is 18.9 Å². The molecule has 2 heterocycles. The van der Waals surface area contributed by atoms with Crippen LogP contribution >= 0.6 is 11.3 Å². The Kier molecular flexibility index (Phi) is 7.23. The molecular weight excluding hydrogens is 370 g/mol. The summed E-state index contributed by atoms with van der Waals surface area (Å²) in [4.78, 5) is 2.66. The van der Waals surface area contributed by atoms with Crippen molar-refractivity contribution in [1.82, 2.24) is 0 Å². The van der Waals surface area contributed by atoms with Gasteiger partial charge in [-0.3, -0.25) is 0 Å². The first-order chi connectivity index (χ1) is 13.5. The average molecular weight is 398 g/mol. The third-order valence-corrected chi connectivity index (χ3v) is 5.76. The molecule has 0 radical (unpaired) electrons. The molecule has 0 bridgehead atoms. The number of anilines is 1. The van der Waals surface area contributed by atoms with Gasteiger partial charge in [0.15, 0.2) is 0 Å². The molecule has 0 saturated carbocycles. The second kappa shape index (κ2) is 9.85. The zero-order valence-electron chi connectivity index (χ0n) is 16.0. The predicted octanol–water partition coefficient (Wildman–Crippen LogP) is 4.03. The number of aryl methyl sites for hydroxylation is 1. The van der Waals surface area contributed by atoms with E-state index in [0.717, 1.165) is 12.1 Å². The van der Waals surface area contributed by atoms with Gasteiger partial charge in [-0.05, 0) is 47.9 Å². The molecule has 2 aromatic carbocycles. The van der Waals surface area contributed by atoms with Crippen LogP contribution in [0.5, 0.6) is 0 Å². The molecule has 0 aliphatic carbocycles. The molecule has 4 nitrogen and oxygen atoms in total. The van der Waals surface area contributed by atoms with Gasteiger partial charge in [0, 0.05) is 28.3 Å². The van der Waals surface area contributed by atoms with Crippen LogP contribution in [0.1, 0.15) is 22.4 Å². The van der Waals surface area contributed by atoms with Crippen LogP contribution in [0, 0.1) is 6.92 Å². The summed E-state index contributed by atoms with van der Waals surface area (Å²) in [6.45, 7) is 2.91. The normalized spacial score (nSPS) is 19.0. The monoisotopic (exact) mass is 397 g/mol. The molecule has 0 spiro atoms. The summed E-state index contributed by atoms with van der Waals surface area (Å²) in [7, 11) is 0. The van der Waals surface area contributed by atoms with E-state index in [-0.39, 0.29) is 0 Å². The number of hydrogen-bond donors (Lipinski definition) is 3. The molecule has 0 amide bonds. The number of aliphatic hydroxyl groups is 2. The van der Waals surface area contributed by atoms with Crippen molar-refractivity contribution >= 4 is 17.0 Å². The minimum atomic E-state index is -0.459. The average Bonchev–Trinajstić information content (AvgIpc) is 3.13. The first kappa shape index (κ1) is 20.6. The van der Waals surface area contributed by atoms with Gasteiger partial charge in [-0.25, -0.2) is 0 Å².